The SMILES string of the molecule is CC[C@@H](C(=O)O)N1CCC(OCc2ccc(Cl)c(Cl)c2)CC1. The number of hydrogen-bond acceptors (Lipinski definition) is 3. The summed E-state index contributed by atoms with van der Waals surface area (Å²) < 4.78 is 5.91. The Balaban J connectivity index is 1.80. The van der Waals surface area contributed by atoms with Gasteiger partial charge in [-0.05, 0) is 37.0 Å². The predicted octanol–water partition coefficient (Wildman–Crippen LogP) is 3.84. The van der Waals surface area contributed by atoms with Gasteiger partial charge in [-0.15, -0.1) is 0 Å². The maximum atomic E-state index is 11.2. The number of halogens is 2. The quantitative estimate of drug-likeness (QED) is 0.850. The highest BCUT2D eigenvalue weighted by atomic mass is 35.5. The van der Waals surface area contributed by atoms with Crippen molar-refractivity contribution in [2.75, 3.05) is 13.1 Å². The molecule has 0 amide bonds. The third kappa shape index (κ3) is 4.59. The number of likely N-dealkylation sites (tertiary alicyclic amines) is 1. The Morgan fingerprint density at radius 3 is 2.59 bits per heavy atom. The summed E-state index contributed by atoms with van der Waals surface area (Å²) >= 11 is 11.9. The topological polar surface area (TPSA) is 49.8 Å². The van der Waals surface area contributed by atoms with Gasteiger partial charge in [-0.25, -0.2) is 0 Å². The van der Waals surface area contributed by atoms with E-state index in [0.29, 0.717) is 23.1 Å². The van der Waals surface area contributed by atoms with Gasteiger partial charge in [-0.2, -0.15) is 0 Å². The van der Waals surface area contributed by atoms with Crippen molar-refractivity contribution in [2.24, 2.45) is 0 Å². The van der Waals surface area contributed by atoms with E-state index in [2.05, 4.69) is 0 Å². The predicted molar refractivity (Wildman–Crippen MR) is 87.6 cm³/mol. The number of hydrogen-bond donors (Lipinski definition) is 1. The highest BCUT2D eigenvalue weighted by Crippen LogP contribution is 2.24. The van der Waals surface area contributed by atoms with Crippen LogP contribution in [0.1, 0.15) is 31.7 Å². The van der Waals surface area contributed by atoms with E-state index in [1.165, 1.54) is 0 Å². The van der Waals surface area contributed by atoms with E-state index in [9.17, 15) is 9.90 Å². The van der Waals surface area contributed by atoms with Crippen LogP contribution in [0.25, 0.3) is 0 Å². The number of nitrogens with zero attached hydrogens (tertiary/aromatic N) is 1. The van der Waals surface area contributed by atoms with Crippen LogP contribution < -0.4 is 0 Å². The maximum absolute atomic E-state index is 11.2. The first kappa shape index (κ1) is 17.5. The lowest BCUT2D eigenvalue weighted by molar-refractivity contribution is -0.144. The second kappa shape index (κ2) is 8.16. The number of piperidine rings is 1. The lowest BCUT2D eigenvalue weighted by Crippen LogP contribution is -2.46. The van der Waals surface area contributed by atoms with E-state index in [0.717, 1.165) is 31.5 Å². The fourth-order valence-electron chi connectivity index (χ4n) is 2.79. The van der Waals surface area contributed by atoms with Crippen LogP contribution in [0.4, 0.5) is 0 Å². The minimum Gasteiger partial charge on any atom is -0.480 e. The van der Waals surface area contributed by atoms with Crippen LogP contribution in [-0.4, -0.2) is 41.2 Å². The molecule has 0 aromatic heterocycles. The van der Waals surface area contributed by atoms with Crippen LogP contribution in [0.3, 0.4) is 0 Å². The van der Waals surface area contributed by atoms with Gasteiger partial charge in [0.15, 0.2) is 0 Å². The first-order valence-corrected chi connectivity index (χ1v) is 8.29. The first-order chi connectivity index (χ1) is 10.5. The molecule has 0 saturated carbocycles. The molecule has 0 unspecified atom stereocenters. The molecule has 1 heterocycles. The van der Waals surface area contributed by atoms with Gasteiger partial charge < -0.3 is 9.84 Å². The summed E-state index contributed by atoms with van der Waals surface area (Å²) in [7, 11) is 0. The molecule has 1 aliphatic rings. The summed E-state index contributed by atoms with van der Waals surface area (Å²) in [6, 6.07) is 5.11. The second-order valence-electron chi connectivity index (χ2n) is 5.56. The molecule has 1 atom stereocenters. The van der Waals surface area contributed by atoms with Crippen molar-refractivity contribution in [3.8, 4) is 0 Å². The van der Waals surface area contributed by atoms with Gasteiger partial charge in [-0.3, -0.25) is 9.69 Å². The zero-order chi connectivity index (χ0) is 16.1. The van der Waals surface area contributed by atoms with Gasteiger partial charge in [0.2, 0.25) is 0 Å². The zero-order valence-electron chi connectivity index (χ0n) is 12.6. The van der Waals surface area contributed by atoms with E-state index in [1.54, 1.807) is 6.07 Å². The molecule has 22 heavy (non-hydrogen) atoms. The molecule has 1 aromatic carbocycles. The van der Waals surface area contributed by atoms with Gasteiger partial charge in [0.25, 0.3) is 0 Å². The summed E-state index contributed by atoms with van der Waals surface area (Å²) in [6.45, 7) is 3.93. The third-order valence-corrected chi connectivity index (χ3v) is 4.80. The molecular weight excluding hydrogens is 325 g/mol. The molecule has 1 aromatic rings. The molecule has 0 spiro atoms. The third-order valence-electron chi connectivity index (χ3n) is 4.06. The Labute approximate surface area is 141 Å². The van der Waals surface area contributed by atoms with Crippen molar-refractivity contribution >= 4 is 29.2 Å². The number of carboxylic acids is 1. The van der Waals surface area contributed by atoms with Gasteiger partial charge in [0, 0.05) is 13.1 Å². The molecule has 2 rings (SSSR count). The van der Waals surface area contributed by atoms with Crippen LogP contribution in [0.15, 0.2) is 18.2 Å². The van der Waals surface area contributed by atoms with Crippen LogP contribution in [0.5, 0.6) is 0 Å². The minimum absolute atomic E-state index is 0.164. The minimum atomic E-state index is -0.738. The van der Waals surface area contributed by atoms with Crippen molar-refractivity contribution in [3.63, 3.8) is 0 Å². The number of rotatable bonds is 6. The van der Waals surface area contributed by atoms with Crippen LogP contribution in [0.2, 0.25) is 10.0 Å². The summed E-state index contributed by atoms with van der Waals surface area (Å²) in [5.74, 6) is -0.738. The average molecular weight is 346 g/mol. The number of aliphatic carboxylic acids is 1. The fourth-order valence-corrected chi connectivity index (χ4v) is 3.11. The van der Waals surface area contributed by atoms with Crippen LogP contribution in [-0.2, 0) is 16.1 Å². The van der Waals surface area contributed by atoms with Gasteiger partial charge in [0.1, 0.15) is 6.04 Å². The Kier molecular flexibility index (Phi) is 6.50. The number of carboxylic acid groups (broad SMARTS) is 1. The van der Waals surface area contributed by atoms with Gasteiger partial charge in [0.05, 0.1) is 22.8 Å². The monoisotopic (exact) mass is 345 g/mol. The van der Waals surface area contributed by atoms with E-state index < -0.39 is 5.97 Å². The largest absolute Gasteiger partial charge is 0.480 e. The molecule has 0 bridgehead atoms. The molecule has 122 valence electrons. The number of benzene rings is 1. The van der Waals surface area contributed by atoms with Crippen molar-refractivity contribution in [1.29, 1.82) is 0 Å². The van der Waals surface area contributed by atoms with Crippen molar-refractivity contribution < 1.29 is 14.6 Å². The molecule has 0 radical (unpaired) electrons. The maximum Gasteiger partial charge on any atom is 0.320 e. The highest BCUT2D eigenvalue weighted by Gasteiger charge is 2.28. The van der Waals surface area contributed by atoms with Crippen molar-refractivity contribution in [3.05, 3.63) is 33.8 Å². The molecule has 1 saturated heterocycles. The second-order valence-corrected chi connectivity index (χ2v) is 6.37. The molecule has 1 fully saturated rings. The Morgan fingerprint density at radius 1 is 1.36 bits per heavy atom. The highest BCUT2D eigenvalue weighted by molar-refractivity contribution is 6.42. The molecule has 0 aliphatic carbocycles. The van der Waals surface area contributed by atoms with Gasteiger partial charge in [-0.1, -0.05) is 36.2 Å². The summed E-state index contributed by atoms with van der Waals surface area (Å²) in [5.41, 5.74) is 0.994. The van der Waals surface area contributed by atoms with Gasteiger partial charge >= 0.3 is 5.97 Å². The summed E-state index contributed by atoms with van der Waals surface area (Å²) in [5, 5.41) is 10.3. The lowest BCUT2D eigenvalue weighted by Gasteiger charge is -2.35. The summed E-state index contributed by atoms with van der Waals surface area (Å²) in [6.07, 6.45) is 2.50. The molecule has 1 aliphatic heterocycles. The van der Waals surface area contributed by atoms with E-state index >= 15 is 0 Å². The number of carbonyl (C=O) groups is 1. The molecular formula is C16H21Cl2NO3. The van der Waals surface area contributed by atoms with E-state index in [1.807, 2.05) is 24.0 Å². The molecule has 1 N–H and O–H groups in total. The standard InChI is InChI=1S/C16H21Cl2NO3/c1-2-15(16(20)21)19-7-5-12(6-8-19)22-10-11-3-4-13(17)14(18)9-11/h3-4,9,12,15H,2,5-8,10H2,1H3,(H,20,21)/t15-/m0/s1. The Hall–Kier alpha value is -0.810. The lowest BCUT2D eigenvalue weighted by atomic mass is 10.0. The normalized spacial score (nSPS) is 18.3. The average Bonchev–Trinajstić information content (AvgIpc) is 2.50. The Bertz CT molecular complexity index is 516. The van der Waals surface area contributed by atoms with E-state index in [4.69, 9.17) is 27.9 Å². The van der Waals surface area contributed by atoms with Crippen LogP contribution >= 0.6 is 23.2 Å². The summed E-state index contributed by atoms with van der Waals surface area (Å²) in [4.78, 5) is 13.2. The zero-order valence-corrected chi connectivity index (χ0v) is 14.1. The first-order valence-electron chi connectivity index (χ1n) is 7.53. The number of ether oxygens (including phenoxy) is 1. The molecule has 4 nitrogen and oxygen atoms in total. The van der Waals surface area contributed by atoms with Crippen LogP contribution in [0, 0.1) is 0 Å². The van der Waals surface area contributed by atoms with Crippen molar-refractivity contribution in [2.45, 2.75) is 44.9 Å². The fraction of sp³-hybridized carbons (Fsp3) is 0.562. The molecule has 6 heteroatoms. The van der Waals surface area contributed by atoms with Crippen molar-refractivity contribution in [1.82, 2.24) is 4.90 Å². The smallest absolute Gasteiger partial charge is 0.320 e. The Morgan fingerprint density at radius 2 is 2.05 bits per heavy atom. The van der Waals surface area contributed by atoms with E-state index in [-0.39, 0.29) is 12.1 Å².